The molecule has 1 aliphatic heterocycles. The Hall–Kier alpha value is -3.55. The molecule has 232 valence electrons. The largest absolute Gasteiger partial charge is 0.493 e. The van der Waals surface area contributed by atoms with E-state index in [1.165, 1.54) is 5.69 Å². The van der Waals surface area contributed by atoms with Crippen LogP contribution in [0.25, 0.3) is 32.9 Å². The molecule has 9 nitrogen and oxygen atoms in total. The van der Waals surface area contributed by atoms with Gasteiger partial charge in [-0.15, -0.1) is 0 Å². The average Bonchev–Trinajstić information content (AvgIpc) is 3.38. The standard InChI is InChI=1S/C34H49N7O2/c1-33(2,3)27-21-24(32-37-29-13-12-25(23-30(29)38-32)41-18-16-40(7)17-19-41)22-28(34(4,5)6)31(27)43-20-14-26(42)11-9-8-10-15-36-39-35/h12-13,21-23H,8-11,14-20H2,1-7H3,(H,37,38). The summed E-state index contributed by atoms with van der Waals surface area (Å²) in [4.78, 5) is 28.8. The van der Waals surface area contributed by atoms with E-state index in [4.69, 9.17) is 15.3 Å². The Bertz CT molecular complexity index is 1410. The van der Waals surface area contributed by atoms with Gasteiger partial charge in [0.05, 0.1) is 17.6 Å². The molecule has 0 aliphatic carbocycles. The van der Waals surface area contributed by atoms with Crippen LogP contribution in [-0.4, -0.2) is 67.0 Å². The number of carbonyl (C=O) groups excluding carboxylic acids is 1. The van der Waals surface area contributed by atoms with Gasteiger partial charge in [0.1, 0.15) is 17.4 Å². The number of Topliss-reactive ketones (excluding diaryl/α,β-unsaturated/α-hetero) is 1. The normalized spacial score (nSPS) is 14.6. The van der Waals surface area contributed by atoms with Crippen molar-refractivity contribution in [2.45, 2.75) is 84.5 Å². The summed E-state index contributed by atoms with van der Waals surface area (Å²) >= 11 is 0. The molecule has 2 heterocycles. The van der Waals surface area contributed by atoms with Crippen LogP contribution in [0.2, 0.25) is 0 Å². The summed E-state index contributed by atoms with van der Waals surface area (Å²) in [6.45, 7) is 18.2. The second kappa shape index (κ2) is 13.8. The van der Waals surface area contributed by atoms with Crippen LogP contribution in [-0.2, 0) is 15.6 Å². The maximum atomic E-state index is 12.6. The highest BCUT2D eigenvalue weighted by Crippen LogP contribution is 2.43. The molecule has 0 bridgehead atoms. The zero-order valence-corrected chi connectivity index (χ0v) is 27.2. The van der Waals surface area contributed by atoms with E-state index < -0.39 is 0 Å². The number of ether oxygens (including phenoxy) is 1. The number of H-pyrrole nitrogens is 1. The molecule has 1 N–H and O–H groups in total. The maximum absolute atomic E-state index is 12.6. The van der Waals surface area contributed by atoms with Crippen LogP contribution in [0.15, 0.2) is 35.4 Å². The number of imidazole rings is 1. The van der Waals surface area contributed by atoms with Crippen molar-refractivity contribution in [2.75, 3.05) is 51.3 Å². The van der Waals surface area contributed by atoms with Gasteiger partial charge in [-0.2, -0.15) is 0 Å². The number of piperazine rings is 1. The number of aromatic nitrogens is 2. The minimum Gasteiger partial charge on any atom is -0.493 e. The van der Waals surface area contributed by atoms with Crippen LogP contribution in [0.1, 0.15) is 84.8 Å². The molecule has 1 aliphatic rings. The van der Waals surface area contributed by atoms with E-state index in [-0.39, 0.29) is 16.6 Å². The van der Waals surface area contributed by atoms with Crippen molar-refractivity contribution in [3.05, 3.63) is 51.9 Å². The minimum absolute atomic E-state index is 0.179. The quantitative estimate of drug-likeness (QED) is 0.101. The number of likely N-dealkylation sites (N-methyl/N-ethyl adjacent to an activating group) is 1. The van der Waals surface area contributed by atoms with Crippen LogP contribution < -0.4 is 9.64 Å². The van der Waals surface area contributed by atoms with Crippen LogP contribution >= 0.6 is 0 Å². The summed E-state index contributed by atoms with van der Waals surface area (Å²) in [6, 6.07) is 10.9. The SMILES string of the molecule is CN1CCN(c2ccc3nc(-c4cc(C(C)(C)C)c(OCCC(=O)CCCCCN=[N+]=[N-])c(C(C)(C)C)c4)[nH]c3c2)CC1. The predicted octanol–water partition coefficient (Wildman–Crippen LogP) is 7.79. The van der Waals surface area contributed by atoms with Crippen LogP contribution in [0.4, 0.5) is 5.69 Å². The number of aromatic amines is 1. The van der Waals surface area contributed by atoms with Gasteiger partial charge in [0, 0.05) is 72.9 Å². The lowest BCUT2D eigenvalue weighted by atomic mass is 9.78. The molecule has 43 heavy (non-hydrogen) atoms. The number of azide groups is 1. The molecule has 0 amide bonds. The lowest BCUT2D eigenvalue weighted by molar-refractivity contribution is -0.119. The summed E-state index contributed by atoms with van der Waals surface area (Å²) in [5.74, 6) is 1.93. The van der Waals surface area contributed by atoms with Gasteiger partial charge < -0.3 is 19.5 Å². The van der Waals surface area contributed by atoms with Gasteiger partial charge in [-0.1, -0.05) is 53.1 Å². The lowest BCUT2D eigenvalue weighted by Crippen LogP contribution is -2.44. The molecular weight excluding hydrogens is 538 g/mol. The first-order chi connectivity index (χ1) is 20.4. The van der Waals surface area contributed by atoms with E-state index in [0.717, 1.165) is 84.7 Å². The molecule has 1 fully saturated rings. The summed E-state index contributed by atoms with van der Waals surface area (Å²) in [5, 5.41) is 3.55. The monoisotopic (exact) mass is 587 g/mol. The van der Waals surface area contributed by atoms with Crippen molar-refractivity contribution in [3.63, 3.8) is 0 Å². The molecule has 0 unspecified atom stereocenters. The predicted molar refractivity (Wildman–Crippen MR) is 176 cm³/mol. The second-order valence-corrected chi connectivity index (χ2v) is 13.9. The van der Waals surface area contributed by atoms with Crippen molar-refractivity contribution in [3.8, 4) is 17.1 Å². The third kappa shape index (κ3) is 8.52. The van der Waals surface area contributed by atoms with Gasteiger partial charge in [0.15, 0.2) is 0 Å². The highest BCUT2D eigenvalue weighted by molar-refractivity contribution is 5.83. The molecule has 1 aromatic heterocycles. The first-order valence-electron chi connectivity index (χ1n) is 15.6. The second-order valence-electron chi connectivity index (χ2n) is 13.9. The Morgan fingerprint density at radius 2 is 1.65 bits per heavy atom. The zero-order valence-electron chi connectivity index (χ0n) is 27.2. The topological polar surface area (TPSA) is 110 Å². The van der Waals surface area contributed by atoms with E-state index in [1.807, 2.05) is 0 Å². The number of ketones is 1. The fraction of sp³-hybridized carbons (Fsp3) is 0.588. The Morgan fingerprint density at radius 1 is 0.977 bits per heavy atom. The molecule has 0 atom stereocenters. The number of carbonyl (C=O) groups is 1. The fourth-order valence-corrected chi connectivity index (χ4v) is 5.55. The molecular formula is C34H49N7O2. The third-order valence-corrected chi connectivity index (χ3v) is 8.22. The number of benzene rings is 2. The number of nitrogens with zero attached hydrogens (tertiary/aromatic N) is 6. The first-order valence-corrected chi connectivity index (χ1v) is 15.6. The third-order valence-electron chi connectivity index (χ3n) is 8.22. The summed E-state index contributed by atoms with van der Waals surface area (Å²) in [7, 11) is 2.18. The fourth-order valence-electron chi connectivity index (χ4n) is 5.55. The number of rotatable bonds is 12. The number of hydrogen-bond acceptors (Lipinski definition) is 6. The molecule has 1 saturated heterocycles. The van der Waals surface area contributed by atoms with Gasteiger partial charge in [0.25, 0.3) is 0 Å². The Kier molecular flexibility index (Phi) is 10.4. The average molecular weight is 588 g/mol. The van der Waals surface area contributed by atoms with Crippen LogP contribution in [0.5, 0.6) is 5.75 Å². The summed E-state index contributed by atoms with van der Waals surface area (Å²) in [6.07, 6.45) is 3.41. The van der Waals surface area contributed by atoms with Crippen molar-refractivity contribution in [1.29, 1.82) is 0 Å². The van der Waals surface area contributed by atoms with Gasteiger partial charge >= 0.3 is 0 Å². The van der Waals surface area contributed by atoms with Crippen LogP contribution in [0, 0.1) is 0 Å². The van der Waals surface area contributed by atoms with E-state index in [9.17, 15) is 4.79 Å². The van der Waals surface area contributed by atoms with Crippen molar-refractivity contribution < 1.29 is 9.53 Å². The number of unbranched alkanes of at least 4 members (excludes halogenated alkanes) is 2. The first kappa shape index (κ1) is 32.4. The van der Waals surface area contributed by atoms with E-state index in [0.29, 0.717) is 26.0 Å². The van der Waals surface area contributed by atoms with Crippen molar-refractivity contribution in [1.82, 2.24) is 14.9 Å². The van der Waals surface area contributed by atoms with Crippen LogP contribution in [0.3, 0.4) is 0 Å². The van der Waals surface area contributed by atoms with Gasteiger partial charge in [0.2, 0.25) is 0 Å². The molecule has 0 saturated carbocycles. The maximum Gasteiger partial charge on any atom is 0.138 e. The van der Waals surface area contributed by atoms with E-state index >= 15 is 0 Å². The van der Waals surface area contributed by atoms with Gasteiger partial charge in [-0.3, -0.25) is 4.79 Å². The molecule has 2 aromatic carbocycles. The Labute approximate surface area is 256 Å². The van der Waals surface area contributed by atoms with Gasteiger partial charge in [-0.05, 0) is 66.6 Å². The van der Waals surface area contributed by atoms with E-state index in [1.54, 1.807) is 0 Å². The summed E-state index contributed by atoms with van der Waals surface area (Å²) in [5.41, 5.74) is 14.5. The van der Waals surface area contributed by atoms with Gasteiger partial charge in [-0.25, -0.2) is 4.98 Å². The lowest BCUT2D eigenvalue weighted by Gasteiger charge is -2.34. The summed E-state index contributed by atoms with van der Waals surface area (Å²) < 4.78 is 6.48. The molecule has 0 radical (unpaired) electrons. The number of fused-ring (bicyclic) bond motifs is 1. The smallest absolute Gasteiger partial charge is 0.138 e. The molecule has 3 aromatic rings. The molecule has 0 spiro atoms. The number of anilines is 1. The minimum atomic E-state index is -0.179. The van der Waals surface area contributed by atoms with Crippen molar-refractivity contribution in [2.24, 2.45) is 5.11 Å². The number of hydrogen-bond donors (Lipinski definition) is 1. The Morgan fingerprint density at radius 3 is 2.28 bits per heavy atom. The zero-order chi connectivity index (χ0) is 31.2. The highest BCUT2D eigenvalue weighted by atomic mass is 16.5. The number of nitrogens with one attached hydrogen (secondary N) is 1. The highest BCUT2D eigenvalue weighted by Gasteiger charge is 2.29. The molecule has 4 rings (SSSR count). The van der Waals surface area contributed by atoms with Crippen molar-refractivity contribution >= 4 is 22.5 Å². The van der Waals surface area contributed by atoms with E-state index in [2.05, 4.69) is 104 Å². The molecule has 9 heteroatoms. The Balaban J connectivity index is 1.57.